The topological polar surface area (TPSA) is 46.3 Å². The number of likely N-dealkylation sites (tertiary alicyclic amines) is 1. The Kier molecular flexibility index (Phi) is 1.68. The van der Waals surface area contributed by atoms with Crippen LogP contribution >= 0.6 is 0 Å². The average molecular weight is 142 g/mol. The van der Waals surface area contributed by atoms with Crippen molar-refractivity contribution in [2.24, 2.45) is 11.1 Å². The lowest BCUT2D eigenvalue weighted by Gasteiger charge is -2.18. The molecule has 0 aromatic carbocycles. The van der Waals surface area contributed by atoms with Gasteiger partial charge in [0.2, 0.25) is 5.91 Å². The van der Waals surface area contributed by atoms with E-state index in [0.29, 0.717) is 6.54 Å². The van der Waals surface area contributed by atoms with Crippen LogP contribution in [0.25, 0.3) is 0 Å². The number of carbonyl (C=O) groups excluding carboxylic acids is 1. The summed E-state index contributed by atoms with van der Waals surface area (Å²) >= 11 is 0. The minimum absolute atomic E-state index is 0.190. The molecule has 1 amide bonds. The first-order valence-electron chi connectivity index (χ1n) is 3.56. The second-order valence-electron chi connectivity index (χ2n) is 3.24. The van der Waals surface area contributed by atoms with Crippen molar-refractivity contribution in [3.05, 3.63) is 0 Å². The van der Waals surface area contributed by atoms with Gasteiger partial charge in [0, 0.05) is 20.1 Å². The van der Waals surface area contributed by atoms with Crippen molar-refractivity contribution >= 4 is 5.91 Å². The SMILES string of the molecule is CN1CCC(C)(CN)C1=O. The lowest BCUT2D eigenvalue weighted by molar-refractivity contribution is -0.133. The van der Waals surface area contributed by atoms with E-state index in [-0.39, 0.29) is 11.3 Å². The van der Waals surface area contributed by atoms with Gasteiger partial charge in [-0.25, -0.2) is 0 Å². The standard InChI is InChI=1S/C7H14N2O/c1-7(5-8)3-4-9(2)6(7)10/h3-5,8H2,1-2H3. The number of rotatable bonds is 1. The van der Waals surface area contributed by atoms with Crippen molar-refractivity contribution in [2.45, 2.75) is 13.3 Å². The average Bonchev–Trinajstić information content (AvgIpc) is 2.19. The van der Waals surface area contributed by atoms with Crippen molar-refractivity contribution in [3.63, 3.8) is 0 Å². The molecule has 0 spiro atoms. The molecule has 1 unspecified atom stereocenters. The van der Waals surface area contributed by atoms with E-state index in [0.717, 1.165) is 13.0 Å². The van der Waals surface area contributed by atoms with Gasteiger partial charge in [-0.05, 0) is 13.3 Å². The van der Waals surface area contributed by atoms with Crippen LogP contribution in [0.2, 0.25) is 0 Å². The zero-order valence-corrected chi connectivity index (χ0v) is 6.55. The predicted molar refractivity (Wildman–Crippen MR) is 39.4 cm³/mol. The van der Waals surface area contributed by atoms with Crippen LogP contribution < -0.4 is 5.73 Å². The zero-order chi connectivity index (χ0) is 7.78. The molecule has 0 aliphatic carbocycles. The normalized spacial score (nSPS) is 33.5. The predicted octanol–water partition coefficient (Wildman–Crippen LogP) is -0.186. The summed E-state index contributed by atoms with van der Waals surface area (Å²) in [6, 6.07) is 0. The molecule has 0 bridgehead atoms. The van der Waals surface area contributed by atoms with Gasteiger partial charge in [-0.1, -0.05) is 0 Å². The number of hydrogen-bond donors (Lipinski definition) is 1. The summed E-state index contributed by atoms with van der Waals surface area (Å²) in [7, 11) is 1.82. The van der Waals surface area contributed by atoms with Crippen molar-refractivity contribution in [3.8, 4) is 0 Å². The third-order valence-corrected chi connectivity index (χ3v) is 2.31. The maximum Gasteiger partial charge on any atom is 0.229 e. The Morgan fingerprint density at radius 2 is 2.40 bits per heavy atom. The maximum atomic E-state index is 11.3. The fourth-order valence-corrected chi connectivity index (χ4v) is 1.27. The van der Waals surface area contributed by atoms with Crippen molar-refractivity contribution < 1.29 is 4.79 Å². The summed E-state index contributed by atoms with van der Waals surface area (Å²) in [5.74, 6) is 0.190. The monoisotopic (exact) mass is 142 g/mol. The molecule has 0 saturated carbocycles. The summed E-state index contributed by atoms with van der Waals surface area (Å²) in [5, 5.41) is 0. The van der Waals surface area contributed by atoms with Crippen molar-refractivity contribution in [1.82, 2.24) is 4.90 Å². The highest BCUT2D eigenvalue weighted by Crippen LogP contribution is 2.28. The summed E-state index contributed by atoms with van der Waals surface area (Å²) in [6.07, 6.45) is 0.902. The summed E-state index contributed by atoms with van der Waals surface area (Å²) < 4.78 is 0. The van der Waals surface area contributed by atoms with E-state index >= 15 is 0 Å². The maximum absolute atomic E-state index is 11.3. The largest absolute Gasteiger partial charge is 0.345 e. The minimum Gasteiger partial charge on any atom is -0.345 e. The lowest BCUT2D eigenvalue weighted by Crippen LogP contribution is -2.35. The highest BCUT2D eigenvalue weighted by molar-refractivity contribution is 5.84. The van der Waals surface area contributed by atoms with Gasteiger partial charge in [-0.2, -0.15) is 0 Å². The van der Waals surface area contributed by atoms with Gasteiger partial charge in [0.05, 0.1) is 5.41 Å². The Morgan fingerprint density at radius 3 is 2.60 bits per heavy atom. The molecule has 10 heavy (non-hydrogen) atoms. The third kappa shape index (κ3) is 0.904. The molecule has 0 aromatic rings. The van der Waals surface area contributed by atoms with Gasteiger partial charge in [0.1, 0.15) is 0 Å². The van der Waals surface area contributed by atoms with Gasteiger partial charge in [-0.3, -0.25) is 4.79 Å². The number of nitrogens with zero attached hydrogens (tertiary/aromatic N) is 1. The van der Waals surface area contributed by atoms with E-state index in [1.807, 2.05) is 14.0 Å². The second kappa shape index (κ2) is 2.23. The highest BCUT2D eigenvalue weighted by Gasteiger charge is 2.39. The molecule has 1 atom stereocenters. The van der Waals surface area contributed by atoms with Gasteiger partial charge in [0.25, 0.3) is 0 Å². The third-order valence-electron chi connectivity index (χ3n) is 2.31. The van der Waals surface area contributed by atoms with Crippen LogP contribution in [0.15, 0.2) is 0 Å². The molecular formula is C7H14N2O. The molecule has 0 radical (unpaired) electrons. The van der Waals surface area contributed by atoms with E-state index in [1.54, 1.807) is 4.90 Å². The summed E-state index contributed by atoms with van der Waals surface area (Å²) in [4.78, 5) is 13.0. The first kappa shape index (κ1) is 7.54. The van der Waals surface area contributed by atoms with E-state index in [9.17, 15) is 4.79 Å². The van der Waals surface area contributed by atoms with E-state index < -0.39 is 0 Å². The second-order valence-corrected chi connectivity index (χ2v) is 3.24. The molecule has 3 nitrogen and oxygen atoms in total. The fraction of sp³-hybridized carbons (Fsp3) is 0.857. The Labute approximate surface area is 61.2 Å². The van der Waals surface area contributed by atoms with Crippen LogP contribution in [0.1, 0.15) is 13.3 Å². The zero-order valence-electron chi connectivity index (χ0n) is 6.55. The fourth-order valence-electron chi connectivity index (χ4n) is 1.27. The van der Waals surface area contributed by atoms with E-state index in [4.69, 9.17) is 5.73 Å². The Hall–Kier alpha value is -0.570. The lowest BCUT2D eigenvalue weighted by atomic mass is 9.89. The van der Waals surface area contributed by atoms with Crippen LogP contribution in [0.5, 0.6) is 0 Å². The smallest absolute Gasteiger partial charge is 0.229 e. The Morgan fingerprint density at radius 1 is 1.80 bits per heavy atom. The number of amides is 1. The van der Waals surface area contributed by atoms with Gasteiger partial charge < -0.3 is 10.6 Å². The molecule has 1 fully saturated rings. The first-order chi connectivity index (χ1) is 4.60. The van der Waals surface area contributed by atoms with Crippen LogP contribution in [-0.2, 0) is 4.79 Å². The molecule has 1 rings (SSSR count). The van der Waals surface area contributed by atoms with Crippen molar-refractivity contribution in [2.75, 3.05) is 20.1 Å². The highest BCUT2D eigenvalue weighted by atomic mass is 16.2. The van der Waals surface area contributed by atoms with Crippen LogP contribution in [0.4, 0.5) is 0 Å². The quantitative estimate of drug-likeness (QED) is 0.551. The van der Waals surface area contributed by atoms with Gasteiger partial charge >= 0.3 is 0 Å². The Balaban J connectivity index is 2.73. The van der Waals surface area contributed by atoms with Crippen molar-refractivity contribution in [1.29, 1.82) is 0 Å². The molecule has 1 heterocycles. The molecule has 2 N–H and O–H groups in total. The minimum atomic E-state index is -0.269. The number of carbonyl (C=O) groups is 1. The molecular weight excluding hydrogens is 128 g/mol. The molecule has 1 aliphatic heterocycles. The van der Waals surface area contributed by atoms with Gasteiger partial charge in [-0.15, -0.1) is 0 Å². The molecule has 3 heteroatoms. The van der Waals surface area contributed by atoms with Crippen LogP contribution in [0.3, 0.4) is 0 Å². The molecule has 1 saturated heterocycles. The molecule has 58 valence electrons. The molecule has 1 aliphatic rings. The summed E-state index contributed by atoms with van der Waals surface area (Å²) in [5.41, 5.74) is 5.20. The van der Waals surface area contributed by atoms with Crippen LogP contribution in [-0.4, -0.2) is 30.9 Å². The van der Waals surface area contributed by atoms with Crippen LogP contribution in [0, 0.1) is 5.41 Å². The number of hydrogen-bond acceptors (Lipinski definition) is 2. The molecule has 0 aromatic heterocycles. The van der Waals surface area contributed by atoms with Gasteiger partial charge in [0.15, 0.2) is 0 Å². The Bertz CT molecular complexity index is 158. The first-order valence-corrected chi connectivity index (χ1v) is 3.56. The summed E-state index contributed by atoms with van der Waals surface area (Å²) in [6.45, 7) is 3.25. The van der Waals surface area contributed by atoms with E-state index in [2.05, 4.69) is 0 Å². The number of nitrogens with two attached hydrogens (primary N) is 1. The van der Waals surface area contributed by atoms with E-state index in [1.165, 1.54) is 0 Å².